The molecule has 0 heterocycles. The van der Waals surface area contributed by atoms with E-state index in [9.17, 15) is 4.79 Å². The molecule has 4 heteroatoms. The molecule has 1 aromatic carbocycles. The highest BCUT2D eigenvalue weighted by molar-refractivity contribution is 5.77. The quantitative estimate of drug-likeness (QED) is 0.863. The topological polar surface area (TPSA) is 58.6 Å². The van der Waals surface area contributed by atoms with Crippen LogP contribution in [0.1, 0.15) is 33.3 Å². The second kappa shape index (κ2) is 5.29. The maximum Gasteiger partial charge on any atom is 0.325 e. The van der Waals surface area contributed by atoms with Crippen LogP contribution in [-0.2, 0) is 4.79 Å². The van der Waals surface area contributed by atoms with Crippen molar-refractivity contribution in [3.63, 3.8) is 0 Å². The van der Waals surface area contributed by atoms with Crippen LogP contribution < -0.4 is 10.1 Å². The highest BCUT2D eigenvalue weighted by Gasteiger charge is 2.14. The predicted octanol–water partition coefficient (Wildman–Crippen LogP) is 3.06. The summed E-state index contributed by atoms with van der Waals surface area (Å²) in [4.78, 5) is 10.8. The largest absolute Gasteiger partial charge is 0.488 e. The minimum atomic E-state index is -0.871. The monoisotopic (exact) mass is 251 g/mol. The van der Waals surface area contributed by atoms with Crippen LogP contribution in [-0.4, -0.2) is 22.7 Å². The molecule has 0 bridgehead atoms. The van der Waals surface area contributed by atoms with Crippen LogP contribution in [0.2, 0.25) is 0 Å². The minimum absolute atomic E-state index is 0.240. The average Bonchev–Trinajstić information content (AvgIpc) is 2.19. The van der Waals surface area contributed by atoms with Gasteiger partial charge in [0.05, 0.1) is 0 Å². The van der Waals surface area contributed by atoms with Gasteiger partial charge in [-0.2, -0.15) is 0 Å². The second-order valence-corrected chi connectivity index (χ2v) is 5.40. The number of aliphatic carboxylic acids is 1. The molecule has 0 radical (unpaired) electrons. The van der Waals surface area contributed by atoms with Gasteiger partial charge in [-0.25, -0.2) is 0 Å². The average molecular weight is 251 g/mol. The van der Waals surface area contributed by atoms with Crippen molar-refractivity contribution in [3.8, 4) is 5.75 Å². The number of carbonyl (C=O) groups is 1. The molecular formula is C14H21NO3. The SMILES string of the molecule is Cc1cc(OC(C)(C)C)ccc1NC(C)C(=O)O. The molecule has 1 unspecified atom stereocenters. The van der Waals surface area contributed by atoms with Crippen molar-refractivity contribution in [3.05, 3.63) is 23.8 Å². The van der Waals surface area contributed by atoms with Gasteiger partial charge in [0, 0.05) is 5.69 Å². The first kappa shape index (κ1) is 14.4. The summed E-state index contributed by atoms with van der Waals surface area (Å²) in [6.45, 7) is 9.50. The first-order valence-electron chi connectivity index (χ1n) is 5.98. The Balaban J connectivity index is 2.83. The zero-order chi connectivity index (χ0) is 13.9. The van der Waals surface area contributed by atoms with Gasteiger partial charge in [-0.15, -0.1) is 0 Å². The Kier molecular flexibility index (Phi) is 4.22. The van der Waals surface area contributed by atoms with Crippen molar-refractivity contribution in [1.29, 1.82) is 0 Å². The lowest BCUT2D eigenvalue weighted by Gasteiger charge is -2.22. The Bertz CT molecular complexity index is 435. The molecule has 4 nitrogen and oxygen atoms in total. The standard InChI is InChI=1S/C14H21NO3/c1-9-8-11(18-14(3,4)5)6-7-12(9)15-10(2)13(16)17/h6-8,10,15H,1-5H3,(H,16,17). The van der Waals surface area contributed by atoms with Crippen LogP contribution in [0.25, 0.3) is 0 Å². The van der Waals surface area contributed by atoms with Crippen molar-refractivity contribution < 1.29 is 14.6 Å². The summed E-state index contributed by atoms with van der Waals surface area (Å²) in [5.74, 6) is -0.0852. The third-order valence-corrected chi connectivity index (χ3v) is 2.36. The van der Waals surface area contributed by atoms with Crippen molar-refractivity contribution in [2.45, 2.75) is 46.3 Å². The summed E-state index contributed by atoms with van der Waals surface area (Å²) in [7, 11) is 0. The first-order chi connectivity index (χ1) is 8.19. The van der Waals surface area contributed by atoms with E-state index in [-0.39, 0.29) is 5.60 Å². The molecule has 0 saturated carbocycles. The predicted molar refractivity (Wildman–Crippen MR) is 72.3 cm³/mol. The molecule has 0 aromatic heterocycles. The van der Waals surface area contributed by atoms with Crippen LogP contribution >= 0.6 is 0 Å². The molecule has 18 heavy (non-hydrogen) atoms. The van der Waals surface area contributed by atoms with Crippen LogP contribution in [0.3, 0.4) is 0 Å². The summed E-state index contributed by atoms with van der Waals surface area (Å²) < 4.78 is 5.75. The van der Waals surface area contributed by atoms with E-state index >= 15 is 0 Å². The summed E-state index contributed by atoms with van der Waals surface area (Å²) in [6.07, 6.45) is 0. The molecule has 0 aliphatic heterocycles. The lowest BCUT2D eigenvalue weighted by molar-refractivity contribution is -0.137. The third-order valence-electron chi connectivity index (χ3n) is 2.36. The number of nitrogens with one attached hydrogen (secondary N) is 1. The van der Waals surface area contributed by atoms with Gasteiger partial charge in [0.25, 0.3) is 0 Å². The maximum absolute atomic E-state index is 10.8. The number of anilines is 1. The maximum atomic E-state index is 10.8. The molecule has 0 aliphatic carbocycles. The number of carboxylic acid groups (broad SMARTS) is 1. The van der Waals surface area contributed by atoms with E-state index in [1.54, 1.807) is 6.92 Å². The summed E-state index contributed by atoms with van der Waals surface area (Å²) in [5.41, 5.74) is 1.53. The van der Waals surface area contributed by atoms with Gasteiger partial charge in [0.15, 0.2) is 0 Å². The molecule has 1 rings (SSSR count). The van der Waals surface area contributed by atoms with Gasteiger partial charge < -0.3 is 15.2 Å². The van der Waals surface area contributed by atoms with Gasteiger partial charge in [0.1, 0.15) is 17.4 Å². The first-order valence-corrected chi connectivity index (χ1v) is 5.98. The second-order valence-electron chi connectivity index (χ2n) is 5.40. The van der Waals surface area contributed by atoms with Gasteiger partial charge in [0.2, 0.25) is 0 Å². The van der Waals surface area contributed by atoms with E-state index in [4.69, 9.17) is 9.84 Å². The summed E-state index contributed by atoms with van der Waals surface area (Å²) in [6, 6.07) is 4.98. The third kappa shape index (κ3) is 4.28. The van der Waals surface area contributed by atoms with Crippen LogP contribution in [0.5, 0.6) is 5.75 Å². The Morgan fingerprint density at radius 1 is 1.39 bits per heavy atom. The van der Waals surface area contributed by atoms with Crippen molar-refractivity contribution in [2.24, 2.45) is 0 Å². The zero-order valence-corrected chi connectivity index (χ0v) is 11.6. The fraction of sp³-hybridized carbons (Fsp3) is 0.500. The van der Waals surface area contributed by atoms with E-state index in [0.717, 1.165) is 17.0 Å². The van der Waals surface area contributed by atoms with E-state index in [0.29, 0.717) is 0 Å². The lowest BCUT2D eigenvalue weighted by Crippen LogP contribution is -2.26. The number of aryl methyl sites for hydroxylation is 1. The van der Waals surface area contributed by atoms with Gasteiger partial charge >= 0.3 is 5.97 Å². The Hall–Kier alpha value is -1.71. The minimum Gasteiger partial charge on any atom is -0.488 e. The number of hydrogen-bond donors (Lipinski definition) is 2. The van der Waals surface area contributed by atoms with E-state index < -0.39 is 12.0 Å². The number of ether oxygens (including phenoxy) is 1. The number of rotatable bonds is 4. The van der Waals surface area contributed by atoms with Crippen LogP contribution in [0.15, 0.2) is 18.2 Å². The Morgan fingerprint density at radius 3 is 2.44 bits per heavy atom. The number of benzene rings is 1. The molecule has 0 amide bonds. The molecule has 2 N–H and O–H groups in total. The highest BCUT2D eigenvalue weighted by Crippen LogP contribution is 2.24. The Morgan fingerprint density at radius 2 is 2.00 bits per heavy atom. The number of carboxylic acids is 1. The molecule has 1 aromatic rings. The molecule has 0 aliphatic rings. The van der Waals surface area contributed by atoms with Crippen LogP contribution in [0.4, 0.5) is 5.69 Å². The molecular weight excluding hydrogens is 230 g/mol. The molecule has 100 valence electrons. The smallest absolute Gasteiger partial charge is 0.325 e. The fourth-order valence-corrected chi connectivity index (χ4v) is 1.51. The zero-order valence-electron chi connectivity index (χ0n) is 11.6. The van der Waals surface area contributed by atoms with E-state index in [2.05, 4.69) is 5.32 Å². The summed E-state index contributed by atoms with van der Waals surface area (Å²) >= 11 is 0. The molecule has 0 spiro atoms. The fourth-order valence-electron chi connectivity index (χ4n) is 1.51. The van der Waals surface area contributed by atoms with Crippen molar-refractivity contribution >= 4 is 11.7 Å². The van der Waals surface area contributed by atoms with Gasteiger partial charge in [-0.3, -0.25) is 4.79 Å². The lowest BCUT2D eigenvalue weighted by atomic mass is 10.1. The van der Waals surface area contributed by atoms with E-state index in [1.807, 2.05) is 45.9 Å². The Labute approximate surface area is 108 Å². The van der Waals surface area contributed by atoms with E-state index in [1.165, 1.54) is 0 Å². The van der Waals surface area contributed by atoms with Crippen molar-refractivity contribution in [2.75, 3.05) is 5.32 Å². The molecule has 0 saturated heterocycles. The normalized spacial score (nSPS) is 12.9. The van der Waals surface area contributed by atoms with Gasteiger partial charge in [-0.05, 0) is 58.4 Å². The van der Waals surface area contributed by atoms with Crippen molar-refractivity contribution in [1.82, 2.24) is 0 Å². The summed E-state index contributed by atoms with van der Waals surface area (Å²) in [5, 5.41) is 11.8. The highest BCUT2D eigenvalue weighted by atomic mass is 16.5. The number of hydrogen-bond acceptors (Lipinski definition) is 3. The van der Waals surface area contributed by atoms with Gasteiger partial charge in [-0.1, -0.05) is 0 Å². The van der Waals surface area contributed by atoms with Crippen LogP contribution in [0, 0.1) is 6.92 Å². The molecule has 1 atom stereocenters. The molecule has 0 fully saturated rings.